The van der Waals surface area contributed by atoms with E-state index in [9.17, 15) is 4.79 Å². The zero-order chi connectivity index (χ0) is 18.5. The number of piperidine rings is 1. The molecular formula is C21H28N2O3. The number of benzene rings is 1. The number of rotatable bonds is 7. The third kappa shape index (κ3) is 3.83. The number of pyridine rings is 1. The number of carbonyl (C=O) groups excluding carboxylic acids is 1. The molecule has 0 saturated carbocycles. The number of hydrogen-bond donors (Lipinski definition) is 1. The van der Waals surface area contributed by atoms with Gasteiger partial charge in [0.1, 0.15) is 0 Å². The monoisotopic (exact) mass is 356 g/mol. The molecule has 1 aliphatic rings. The van der Waals surface area contributed by atoms with E-state index >= 15 is 0 Å². The van der Waals surface area contributed by atoms with E-state index in [1.54, 1.807) is 20.4 Å². The third-order valence-corrected chi connectivity index (χ3v) is 5.58. The Bertz CT molecular complexity index is 775. The lowest BCUT2D eigenvalue weighted by molar-refractivity contribution is 0.0963. The quantitative estimate of drug-likeness (QED) is 0.764. The van der Waals surface area contributed by atoms with Crippen molar-refractivity contribution in [1.29, 1.82) is 0 Å². The smallest absolute Gasteiger partial charge is 0.163 e. The number of carbonyl (C=O) groups is 1. The minimum Gasteiger partial charge on any atom is -0.493 e. The SMILES string of the molecule is CC[C@H]1CNCCC1CCC(=O)c1ccnc2cc(OC)c(OC)cc12. The lowest BCUT2D eigenvalue weighted by Crippen LogP contribution is -2.36. The van der Waals surface area contributed by atoms with Crippen molar-refractivity contribution in [3.05, 3.63) is 30.0 Å². The third-order valence-electron chi connectivity index (χ3n) is 5.58. The lowest BCUT2D eigenvalue weighted by Gasteiger charge is -2.31. The van der Waals surface area contributed by atoms with Crippen molar-refractivity contribution in [3.8, 4) is 11.5 Å². The summed E-state index contributed by atoms with van der Waals surface area (Å²) in [5.74, 6) is 2.73. The molecule has 1 N–H and O–H groups in total. The number of hydrogen-bond acceptors (Lipinski definition) is 5. The van der Waals surface area contributed by atoms with Crippen LogP contribution in [0.25, 0.3) is 10.9 Å². The van der Waals surface area contributed by atoms with Crippen molar-refractivity contribution in [2.24, 2.45) is 11.8 Å². The molecule has 1 aromatic heterocycles. The number of ether oxygens (including phenoxy) is 2. The van der Waals surface area contributed by atoms with Gasteiger partial charge in [-0.15, -0.1) is 0 Å². The molecule has 0 amide bonds. The molecule has 140 valence electrons. The molecule has 2 heterocycles. The van der Waals surface area contributed by atoms with Gasteiger partial charge >= 0.3 is 0 Å². The number of nitrogens with zero attached hydrogens (tertiary/aromatic N) is 1. The van der Waals surface area contributed by atoms with E-state index in [2.05, 4.69) is 17.2 Å². The van der Waals surface area contributed by atoms with Gasteiger partial charge in [0.25, 0.3) is 0 Å². The molecule has 2 aromatic rings. The van der Waals surface area contributed by atoms with Crippen LogP contribution >= 0.6 is 0 Å². The molecule has 5 nitrogen and oxygen atoms in total. The zero-order valence-corrected chi connectivity index (χ0v) is 15.9. The van der Waals surface area contributed by atoms with Gasteiger partial charge in [-0.2, -0.15) is 0 Å². The number of fused-ring (bicyclic) bond motifs is 1. The summed E-state index contributed by atoms with van der Waals surface area (Å²) in [6, 6.07) is 5.49. The second-order valence-corrected chi connectivity index (χ2v) is 6.97. The van der Waals surface area contributed by atoms with Crippen molar-refractivity contribution in [2.45, 2.75) is 32.6 Å². The van der Waals surface area contributed by atoms with Crippen molar-refractivity contribution in [3.63, 3.8) is 0 Å². The fourth-order valence-corrected chi connectivity index (χ4v) is 4.00. The van der Waals surface area contributed by atoms with Crippen molar-refractivity contribution in [1.82, 2.24) is 10.3 Å². The average Bonchev–Trinajstić information content (AvgIpc) is 2.70. The minimum atomic E-state index is 0.179. The summed E-state index contributed by atoms with van der Waals surface area (Å²) in [6.45, 7) is 4.37. The number of methoxy groups -OCH3 is 2. The maximum atomic E-state index is 12.9. The predicted octanol–water partition coefficient (Wildman–Crippen LogP) is 3.85. The minimum absolute atomic E-state index is 0.179. The van der Waals surface area contributed by atoms with Crippen LogP contribution in [-0.2, 0) is 0 Å². The summed E-state index contributed by atoms with van der Waals surface area (Å²) in [5.41, 5.74) is 1.47. The molecule has 0 spiro atoms. The molecule has 2 atom stereocenters. The van der Waals surface area contributed by atoms with Crippen LogP contribution in [0.5, 0.6) is 11.5 Å². The molecule has 26 heavy (non-hydrogen) atoms. The second-order valence-electron chi connectivity index (χ2n) is 6.97. The Kier molecular flexibility index (Phi) is 6.09. The summed E-state index contributed by atoms with van der Waals surface area (Å²) in [4.78, 5) is 17.3. The van der Waals surface area contributed by atoms with Crippen LogP contribution in [0, 0.1) is 11.8 Å². The first kappa shape index (κ1) is 18.6. The van der Waals surface area contributed by atoms with Gasteiger partial charge in [0.15, 0.2) is 17.3 Å². The summed E-state index contributed by atoms with van der Waals surface area (Å²) in [7, 11) is 3.20. The maximum absolute atomic E-state index is 12.9. The first-order valence-corrected chi connectivity index (χ1v) is 9.42. The highest BCUT2D eigenvalue weighted by molar-refractivity contribution is 6.07. The van der Waals surface area contributed by atoms with E-state index in [1.165, 1.54) is 6.42 Å². The summed E-state index contributed by atoms with van der Waals surface area (Å²) >= 11 is 0. The second kappa shape index (κ2) is 8.49. The van der Waals surface area contributed by atoms with Gasteiger partial charge in [-0.25, -0.2) is 0 Å². The van der Waals surface area contributed by atoms with Crippen molar-refractivity contribution in [2.75, 3.05) is 27.3 Å². The molecule has 1 unspecified atom stereocenters. The van der Waals surface area contributed by atoms with Crippen LogP contribution < -0.4 is 14.8 Å². The lowest BCUT2D eigenvalue weighted by atomic mass is 9.81. The zero-order valence-electron chi connectivity index (χ0n) is 15.9. The Morgan fingerprint density at radius 1 is 1.23 bits per heavy atom. The maximum Gasteiger partial charge on any atom is 0.163 e. The molecule has 5 heteroatoms. The Labute approximate surface area is 155 Å². The van der Waals surface area contributed by atoms with E-state index in [4.69, 9.17) is 9.47 Å². The number of aromatic nitrogens is 1. The van der Waals surface area contributed by atoms with Gasteiger partial charge in [0.05, 0.1) is 19.7 Å². The van der Waals surface area contributed by atoms with E-state index < -0.39 is 0 Å². The molecule has 0 bridgehead atoms. The van der Waals surface area contributed by atoms with Gasteiger partial charge in [-0.3, -0.25) is 9.78 Å². The molecule has 0 radical (unpaired) electrons. The predicted molar refractivity (Wildman–Crippen MR) is 103 cm³/mol. The van der Waals surface area contributed by atoms with E-state index in [0.29, 0.717) is 29.8 Å². The number of nitrogens with one attached hydrogen (secondary N) is 1. The van der Waals surface area contributed by atoms with Crippen LogP contribution in [-0.4, -0.2) is 38.1 Å². The first-order valence-electron chi connectivity index (χ1n) is 9.42. The summed E-state index contributed by atoms with van der Waals surface area (Å²) in [5, 5.41) is 4.29. The van der Waals surface area contributed by atoms with Crippen LogP contribution in [0.1, 0.15) is 43.0 Å². The fourth-order valence-electron chi connectivity index (χ4n) is 4.00. The molecule has 1 aliphatic heterocycles. The molecule has 1 aromatic carbocycles. The van der Waals surface area contributed by atoms with Gasteiger partial charge in [0, 0.05) is 29.6 Å². The summed E-state index contributed by atoms with van der Waals surface area (Å²) < 4.78 is 10.7. The largest absolute Gasteiger partial charge is 0.493 e. The first-order chi connectivity index (χ1) is 12.7. The Morgan fingerprint density at radius 3 is 2.73 bits per heavy atom. The Balaban J connectivity index is 1.81. The van der Waals surface area contributed by atoms with Crippen LogP contribution in [0.15, 0.2) is 24.4 Å². The molecule has 0 aliphatic carbocycles. The molecule has 1 saturated heterocycles. The molecular weight excluding hydrogens is 328 g/mol. The fraction of sp³-hybridized carbons (Fsp3) is 0.524. The van der Waals surface area contributed by atoms with Crippen molar-refractivity contribution < 1.29 is 14.3 Å². The number of Topliss-reactive ketones (excluding diaryl/α,β-unsaturated/α-hetero) is 1. The van der Waals surface area contributed by atoms with Gasteiger partial charge in [0.2, 0.25) is 0 Å². The normalized spacial score (nSPS) is 20.1. The van der Waals surface area contributed by atoms with Gasteiger partial charge in [-0.05, 0) is 49.9 Å². The van der Waals surface area contributed by atoms with Gasteiger partial charge in [-0.1, -0.05) is 13.3 Å². The molecule has 3 rings (SSSR count). The summed E-state index contributed by atoms with van der Waals surface area (Å²) in [6.07, 6.45) is 5.56. The van der Waals surface area contributed by atoms with Crippen molar-refractivity contribution >= 4 is 16.7 Å². The Morgan fingerprint density at radius 2 is 2.00 bits per heavy atom. The highest BCUT2D eigenvalue weighted by atomic mass is 16.5. The topological polar surface area (TPSA) is 60.5 Å². The van der Waals surface area contributed by atoms with Crippen LogP contribution in [0.4, 0.5) is 0 Å². The van der Waals surface area contributed by atoms with E-state index in [-0.39, 0.29) is 5.78 Å². The standard InChI is InChI=1S/C21H28N2O3/c1-4-14-13-22-9-7-15(14)5-6-19(24)16-8-10-23-18-12-21(26-3)20(25-2)11-17(16)18/h8,10-12,14-15,22H,4-7,9,13H2,1-3H3/t14-,15?/m0/s1. The highest BCUT2D eigenvalue weighted by Gasteiger charge is 2.24. The van der Waals surface area contributed by atoms with Crippen LogP contribution in [0.3, 0.4) is 0 Å². The van der Waals surface area contributed by atoms with Gasteiger partial charge < -0.3 is 14.8 Å². The average molecular weight is 356 g/mol. The van der Waals surface area contributed by atoms with E-state index in [0.717, 1.165) is 42.4 Å². The molecule has 1 fully saturated rings. The van der Waals surface area contributed by atoms with Crippen LogP contribution in [0.2, 0.25) is 0 Å². The highest BCUT2D eigenvalue weighted by Crippen LogP contribution is 2.33. The Hall–Kier alpha value is -2.14. The number of ketones is 1. The van der Waals surface area contributed by atoms with E-state index in [1.807, 2.05) is 18.2 Å².